The molecule has 1 aromatic carbocycles. The van der Waals surface area contributed by atoms with Crippen molar-refractivity contribution < 1.29 is 0 Å². The van der Waals surface area contributed by atoms with E-state index in [1.165, 1.54) is 0 Å². The molecular weight excluding hydrogens is 62.1 g/mol. The molecule has 0 atom stereocenters. The average Bonchev–Trinajstić information content (AvgIpc) is 2.12. The highest BCUT2D eigenvalue weighted by molar-refractivity contribution is 4.99. The molecule has 0 spiro atoms. The van der Waals surface area contributed by atoms with Gasteiger partial charge in [-0.05, 0) is 12.1 Å². The molecule has 0 radical (unpaired) electrons. The zero-order valence-corrected chi connectivity index (χ0v) is 3.10. The highest BCUT2D eigenvalue weighted by atomic mass is 14.6. The molecule has 0 aliphatic heterocycles. The van der Waals surface area contributed by atoms with Crippen LogP contribution in [0.4, 0.5) is 0 Å². The van der Waals surface area contributed by atoms with Gasteiger partial charge in [0.05, 0.1) is 5.36 Å². The fraction of sp³-hybridized carbons (Fsp3) is 0.250. The third kappa shape index (κ3) is 0.349. The Kier molecular flexibility index (Phi) is 0.357. The monoisotopic (exact) mass is 67.0 g/mol. The maximum absolute atomic E-state index is 3.81. The molecule has 1 rings (SSSR count). The molecule has 0 aliphatic carbocycles. The first-order chi connectivity index (χ1) is 2.43. The normalized spacial score (nSPS) is 9.00. The summed E-state index contributed by atoms with van der Waals surface area (Å²) in [5, 5.41) is 1.13. The number of hydrogen-bond donors (Lipinski definition) is 0. The number of nitrogens with zero attached hydrogens (tertiary/aromatic N) is 1. The lowest BCUT2D eigenvalue weighted by atomic mass is 11.0. The molecule has 0 unspecified atom stereocenters. The van der Waals surface area contributed by atoms with Crippen molar-refractivity contribution in [1.82, 2.24) is 0 Å². The second-order valence-electron chi connectivity index (χ2n) is 0.982. The van der Waals surface area contributed by atoms with Gasteiger partial charge in [0.25, 0.3) is 0 Å². The maximum atomic E-state index is 3.81. The molecule has 0 bridgehead atoms. The van der Waals surface area contributed by atoms with Gasteiger partial charge >= 0.3 is 0 Å². The van der Waals surface area contributed by atoms with Crippen LogP contribution in [0.25, 0.3) is 0 Å². The topological polar surface area (TPSA) is 12.4 Å². The molecule has 0 amide bonds. The summed E-state index contributed by atoms with van der Waals surface area (Å²) in [6.45, 7) is 0. The van der Waals surface area contributed by atoms with Crippen LogP contribution in [0, 0.1) is 0 Å². The smallest absolute Gasteiger partial charge is 0.0572 e. The van der Waals surface area contributed by atoms with Crippen LogP contribution >= 0.6 is 0 Å². The molecule has 1 aromatic rings. The Morgan fingerprint density at radius 3 is 2.20 bits per heavy atom. The van der Waals surface area contributed by atoms with Crippen molar-refractivity contribution >= 4 is 0 Å². The van der Waals surface area contributed by atoms with Gasteiger partial charge in [-0.25, -0.2) is 0 Å². The molecule has 0 saturated heterocycles. The van der Waals surface area contributed by atoms with E-state index in [-0.39, 0.29) is 0 Å². The van der Waals surface area contributed by atoms with Crippen molar-refractivity contribution in [3.8, 4) is 0 Å². The lowest BCUT2D eigenvalue weighted by Gasteiger charge is -1.48. The summed E-state index contributed by atoms with van der Waals surface area (Å²) in [7, 11) is 1.79. The lowest BCUT2D eigenvalue weighted by molar-refractivity contribution is 1.34. The van der Waals surface area contributed by atoms with E-state index >= 15 is 0 Å². The van der Waals surface area contributed by atoms with Crippen LogP contribution in [0.3, 0.4) is 0 Å². The van der Waals surface area contributed by atoms with Gasteiger partial charge in [0.1, 0.15) is 0 Å². The quantitative estimate of drug-likeness (QED) is 0.408. The predicted octanol–water partition coefficient (Wildman–Crippen LogP) is 0.0927. The molecule has 26 valence electrons. The molecule has 0 aliphatic rings. The number of hydrogen-bond acceptors (Lipinski definition) is 1. The highest BCUT2D eigenvalue weighted by Crippen LogP contribution is 1.66. The Labute approximate surface area is 30.7 Å². The van der Waals surface area contributed by atoms with Crippen LogP contribution in [-0.2, 0) is 0 Å². The summed E-state index contributed by atoms with van der Waals surface area (Å²) >= 11 is 0. The summed E-state index contributed by atoms with van der Waals surface area (Å²) in [6.07, 6.45) is 0. The van der Waals surface area contributed by atoms with Gasteiger partial charge in [-0.15, -0.1) is 0 Å². The van der Waals surface area contributed by atoms with Crippen molar-refractivity contribution in [2.75, 3.05) is 7.05 Å². The minimum atomic E-state index is 1.13. The van der Waals surface area contributed by atoms with Gasteiger partial charge in [0.2, 0.25) is 0 Å². The fourth-order valence-corrected chi connectivity index (χ4v) is 0.186. The van der Waals surface area contributed by atoms with Crippen LogP contribution in [0.5, 0.6) is 0 Å². The molecular formula is C4H5N. The average molecular weight is 67.1 g/mol. The molecule has 0 saturated carbocycles. The maximum Gasteiger partial charge on any atom is 0.0572 e. The van der Waals surface area contributed by atoms with E-state index in [9.17, 15) is 0 Å². The van der Waals surface area contributed by atoms with E-state index in [0.29, 0.717) is 0 Å². The minimum absolute atomic E-state index is 1.13. The first kappa shape index (κ1) is 2.64. The SMILES string of the molecule is CN=c1cc1. The first-order valence-corrected chi connectivity index (χ1v) is 1.58. The standard InChI is InChI=1S/C4H5N/c1-5-4-2-3-4/h2-3H,1H3. The van der Waals surface area contributed by atoms with Gasteiger partial charge in [-0.2, -0.15) is 0 Å². The molecule has 0 fully saturated rings. The van der Waals surface area contributed by atoms with E-state index in [1.807, 2.05) is 12.1 Å². The molecule has 5 heavy (non-hydrogen) atoms. The van der Waals surface area contributed by atoms with Crippen molar-refractivity contribution in [1.29, 1.82) is 0 Å². The third-order valence-corrected chi connectivity index (χ3v) is 0.574. The van der Waals surface area contributed by atoms with Crippen LogP contribution in [0.2, 0.25) is 0 Å². The van der Waals surface area contributed by atoms with Gasteiger partial charge in [0, 0.05) is 7.05 Å². The molecule has 1 heteroatoms. The Morgan fingerprint density at radius 2 is 2.20 bits per heavy atom. The Bertz CT molecular complexity index is 112. The molecule has 0 heterocycles. The van der Waals surface area contributed by atoms with E-state index in [4.69, 9.17) is 0 Å². The largest absolute Gasteiger partial charge is 0.289 e. The number of rotatable bonds is 0. The minimum Gasteiger partial charge on any atom is -0.289 e. The Balaban J connectivity index is 2.99. The predicted molar refractivity (Wildman–Crippen MR) is 20.3 cm³/mol. The summed E-state index contributed by atoms with van der Waals surface area (Å²) in [5.74, 6) is 0. The molecule has 0 N–H and O–H groups in total. The summed E-state index contributed by atoms with van der Waals surface area (Å²) in [6, 6.07) is 3.94. The van der Waals surface area contributed by atoms with E-state index < -0.39 is 0 Å². The zero-order valence-electron chi connectivity index (χ0n) is 3.10. The van der Waals surface area contributed by atoms with Crippen molar-refractivity contribution in [3.05, 3.63) is 17.5 Å². The second kappa shape index (κ2) is 0.677. The Hall–Kier alpha value is -0.590. The summed E-state index contributed by atoms with van der Waals surface area (Å²) in [5.41, 5.74) is 0. The van der Waals surface area contributed by atoms with Crippen LogP contribution in [0.15, 0.2) is 17.1 Å². The van der Waals surface area contributed by atoms with Crippen molar-refractivity contribution in [2.24, 2.45) is 4.99 Å². The molecule has 0 aromatic heterocycles. The fourth-order valence-electron chi connectivity index (χ4n) is 0.186. The highest BCUT2D eigenvalue weighted by Gasteiger charge is 1.76. The van der Waals surface area contributed by atoms with Crippen LogP contribution in [-0.4, -0.2) is 7.05 Å². The summed E-state index contributed by atoms with van der Waals surface area (Å²) < 4.78 is 0. The van der Waals surface area contributed by atoms with Gasteiger partial charge in [-0.3, -0.25) is 4.99 Å². The van der Waals surface area contributed by atoms with E-state index in [0.717, 1.165) is 5.36 Å². The molecule has 1 nitrogen and oxygen atoms in total. The second-order valence-corrected chi connectivity index (χ2v) is 0.982. The first-order valence-electron chi connectivity index (χ1n) is 1.58. The van der Waals surface area contributed by atoms with Crippen molar-refractivity contribution in [2.45, 2.75) is 0 Å². The van der Waals surface area contributed by atoms with Crippen LogP contribution < -0.4 is 5.36 Å². The van der Waals surface area contributed by atoms with Crippen molar-refractivity contribution in [3.63, 3.8) is 0 Å². The van der Waals surface area contributed by atoms with Gasteiger partial charge in [0.15, 0.2) is 0 Å². The van der Waals surface area contributed by atoms with Gasteiger partial charge < -0.3 is 0 Å². The summed E-state index contributed by atoms with van der Waals surface area (Å²) in [4.78, 5) is 3.81. The van der Waals surface area contributed by atoms with Gasteiger partial charge in [-0.1, -0.05) is 0 Å². The lowest BCUT2D eigenvalue weighted by Crippen LogP contribution is -1.72. The van der Waals surface area contributed by atoms with Crippen LogP contribution in [0.1, 0.15) is 0 Å². The zero-order chi connectivity index (χ0) is 3.70. The van der Waals surface area contributed by atoms with E-state index in [2.05, 4.69) is 4.99 Å². The van der Waals surface area contributed by atoms with E-state index in [1.54, 1.807) is 7.05 Å². The third-order valence-electron chi connectivity index (χ3n) is 0.574. The Morgan fingerprint density at radius 1 is 1.60 bits per heavy atom.